The first-order valence-corrected chi connectivity index (χ1v) is 10.3. The van der Waals surface area contributed by atoms with Crippen LogP contribution in [0.25, 0.3) is 16.9 Å². The Morgan fingerprint density at radius 1 is 1.04 bits per heavy atom. The minimum atomic E-state index is 0.814. The number of nitrogens with zero attached hydrogens (tertiary/aromatic N) is 4. The molecule has 0 aliphatic carbocycles. The van der Waals surface area contributed by atoms with Crippen molar-refractivity contribution in [2.24, 2.45) is 0 Å². The molecule has 0 bridgehead atoms. The van der Waals surface area contributed by atoms with Gasteiger partial charge in [-0.15, -0.1) is 11.3 Å². The fourth-order valence-electron chi connectivity index (χ4n) is 3.36. The molecule has 4 aromatic rings. The zero-order chi connectivity index (χ0) is 19.5. The molecule has 28 heavy (non-hydrogen) atoms. The molecule has 0 N–H and O–H groups in total. The zero-order valence-corrected chi connectivity index (χ0v) is 17.3. The van der Waals surface area contributed by atoms with Gasteiger partial charge in [0, 0.05) is 35.4 Å². The maximum atomic E-state index is 4.98. The van der Waals surface area contributed by atoms with E-state index >= 15 is 0 Å². The van der Waals surface area contributed by atoms with E-state index in [-0.39, 0.29) is 0 Å². The lowest BCUT2D eigenvalue weighted by Crippen LogP contribution is -2.17. The molecule has 0 atom stereocenters. The molecule has 0 saturated heterocycles. The Kier molecular flexibility index (Phi) is 5.37. The van der Waals surface area contributed by atoms with Gasteiger partial charge in [0.1, 0.15) is 5.01 Å². The van der Waals surface area contributed by atoms with Crippen LogP contribution in [0, 0.1) is 13.8 Å². The van der Waals surface area contributed by atoms with Crippen molar-refractivity contribution < 1.29 is 0 Å². The Hall–Kier alpha value is -2.76. The van der Waals surface area contributed by atoms with E-state index in [1.165, 1.54) is 16.7 Å². The summed E-state index contributed by atoms with van der Waals surface area (Å²) in [4.78, 5) is 6.70. The first-order valence-electron chi connectivity index (χ1n) is 9.38. The van der Waals surface area contributed by atoms with Crippen molar-refractivity contribution >= 4 is 11.3 Å². The van der Waals surface area contributed by atoms with Gasteiger partial charge in [0.25, 0.3) is 0 Å². The zero-order valence-electron chi connectivity index (χ0n) is 16.5. The summed E-state index contributed by atoms with van der Waals surface area (Å²) in [6.07, 6.45) is 4.03. The molecule has 2 aromatic heterocycles. The second-order valence-corrected chi connectivity index (χ2v) is 8.18. The molecule has 0 saturated carbocycles. The SMILES string of the molecule is Cc1ccc(C)c(-n2cc(CN(C)Cc3nccs3)c(-c3ccccc3)n2)c1. The van der Waals surface area contributed by atoms with Gasteiger partial charge in [0.15, 0.2) is 0 Å². The number of hydrogen-bond acceptors (Lipinski definition) is 4. The summed E-state index contributed by atoms with van der Waals surface area (Å²) < 4.78 is 2.03. The summed E-state index contributed by atoms with van der Waals surface area (Å²) in [6.45, 7) is 5.90. The van der Waals surface area contributed by atoms with E-state index in [4.69, 9.17) is 5.10 Å². The normalized spacial score (nSPS) is 11.3. The lowest BCUT2D eigenvalue weighted by atomic mass is 10.1. The van der Waals surface area contributed by atoms with E-state index in [0.717, 1.165) is 35.0 Å². The van der Waals surface area contributed by atoms with Crippen molar-refractivity contribution in [3.63, 3.8) is 0 Å². The molecule has 0 radical (unpaired) electrons. The molecule has 4 nitrogen and oxygen atoms in total. The van der Waals surface area contributed by atoms with Gasteiger partial charge in [-0.1, -0.05) is 42.5 Å². The topological polar surface area (TPSA) is 34.0 Å². The molecule has 0 unspecified atom stereocenters. The second kappa shape index (κ2) is 8.09. The largest absolute Gasteiger partial charge is 0.295 e. The summed E-state index contributed by atoms with van der Waals surface area (Å²) in [6, 6.07) is 16.9. The number of rotatable bonds is 6. The predicted molar refractivity (Wildman–Crippen MR) is 116 cm³/mol. The van der Waals surface area contributed by atoms with Crippen LogP contribution >= 0.6 is 11.3 Å². The predicted octanol–water partition coefficient (Wildman–Crippen LogP) is 5.24. The van der Waals surface area contributed by atoms with Gasteiger partial charge in [0.05, 0.1) is 17.9 Å². The minimum absolute atomic E-state index is 0.814. The summed E-state index contributed by atoms with van der Waals surface area (Å²) in [5.41, 5.74) is 6.98. The number of benzene rings is 2. The summed E-state index contributed by atoms with van der Waals surface area (Å²) in [7, 11) is 2.13. The third-order valence-corrected chi connectivity index (χ3v) is 5.54. The molecule has 142 valence electrons. The Morgan fingerprint density at radius 3 is 2.61 bits per heavy atom. The lowest BCUT2D eigenvalue weighted by molar-refractivity contribution is 0.319. The molecular formula is C23H24N4S. The highest BCUT2D eigenvalue weighted by Crippen LogP contribution is 2.26. The van der Waals surface area contributed by atoms with E-state index in [0.29, 0.717) is 0 Å². The monoisotopic (exact) mass is 388 g/mol. The second-order valence-electron chi connectivity index (χ2n) is 7.20. The molecule has 2 aromatic carbocycles. The molecule has 0 fully saturated rings. The van der Waals surface area contributed by atoms with Crippen LogP contribution in [0.5, 0.6) is 0 Å². The van der Waals surface area contributed by atoms with Gasteiger partial charge in [0.2, 0.25) is 0 Å². The van der Waals surface area contributed by atoms with E-state index in [1.807, 2.05) is 22.3 Å². The Labute approximate surface area is 170 Å². The van der Waals surface area contributed by atoms with Crippen LogP contribution in [0.3, 0.4) is 0 Å². The fraction of sp³-hybridized carbons (Fsp3) is 0.217. The van der Waals surface area contributed by atoms with Crippen molar-refractivity contribution in [3.8, 4) is 16.9 Å². The van der Waals surface area contributed by atoms with Gasteiger partial charge in [-0.2, -0.15) is 5.10 Å². The van der Waals surface area contributed by atoms with Crippen LogP contribution in [-0.4, -0.2) is 26.7 Å². The number of aromatic nitrogens is 3. The molecule has 4 rings (SSSR count). The van der Waals surface area contributed by atoms with Crippen molar-refractivity contribution in [2.45, 2.75) is 26.9 Å². The highest BCUT2D eigenvalue weighted by atomic mass is 32.1. The summed E-state index contributed by atoms with van der Waals surface area (Å²) in [5, 5.41) is 8.13. The van der Waals surface area contributed by atoms with E-state index in [2.05, 4.69) is 79.4 Å². The van der Waals surface area contributed by atoms with Crippen molar-refractivity contribution in [3.05, 3.63) is 88.0 Å². The average molecular weight is 389 g/mol. The molecule has 0 amide bonds. The van der Waals surface area contributed by atoms with Gasteiger partial charge in [-0.25, -0.2) is 9.67 Å². The number of hydrogen-bond donors (Lipinski definition) is 0. The van der Waals surface area contributed by atoms with Crippen LogP contribution < -0.4 is 0 Å². The number of aryl methyl sites for hydroxylation is 2. The standard InChI is InChI=1S/C23H24N4S/c1-17-9-10-18(2)21(13-17)27-15-20(14-26(3)16-22-24-11-12-28-22)23(25-27)19-7-5-4-6-8-19/h4-13,15H,14,16H2,1-3H3. The third kappa shape index (κ3) is 4.06. The smallest absolute Gasteiger partial charge is 0.107 e. The third-order valence-electron chi connectivity index (χ3n) is 4.78. The quantitative estimate of drug-likeness (QED) is 0.453. The van der Waals surface area contributed by atoms with Crippen molar-refractivity contribution in [1.29, 1.82) is 0 Å². The minimum Gasteiger partial charge on any atom is -0.295 e. The van der Waals surface area contributed by atoms with E-state index in [1.54, 1.807) is 11.3 Å². The van der Waals surface area contributed by atoms with Crippen LogP contribution in [0.4, 0.5) is 0 Å². The molecule has 0 aliphatic rings. The Bertz CT molecular complexity index is 1050. The van der Waals surface area contributed by atoms with Crippen LogP contribution in [-0.2, 0) is 13.1 Å². The van der Waals surface area contributed by atoms with Gasteiger partial charge < -0.3 is 0 Å². The van der Waals surface area contributed by atoms with Gasteiger partial charge in [-0.3, -0.25) is 4.90 Å². The lowest BCUT2D eigenvalue weighted by Gasteiger charge is -2.14. The van der Waals surface area contributed by atoms with Crippen LogP contribution in [0.1, 0.15) is 21.7 Å². The highest BCUT2D eigenvalue weighted by Gasteiger charge is 2.15. The summed E-state index contributed by atoms with van der Waals surface area (Å²) >= 11 is 1.69. The maximum absolute atomic E-state index is 4.98. The highest BCUT2D eigenvalue weighted by molar-refractivity contribution is 7.09. The average Bonchev–Trinajstić information content (AvgIpc) is 3.34. The molecule has 0 aliphatic heterocycles. The van der Waals surface area contributed by atoms with Gasteiger partial charge >= 0.3 is 0 Å². The van der Waals surface area contributed by atoms with Gasteiger partial charge in [-0.05, 0) is 38.1 Å². The number of thiazole rings is 1. The fourth-order valence-corrected chi connectivity index (χ4v) is 4.06. The van der Waals surface area contributed by atoms with Crippen molar-refractivity contribution in [2.75, 3.05) is 7.05 Å². The Balaban J connectivity index is 1.71. The molecule has 5 heteroatoms. The molecule has 2 heterocycles. The van der Waals surface area contributed by atoms with E-state index in [9.17, 15) is 0 Å². The van der Waals surface area contributed by atoms with E-state index < -0.39 is 0 Å². The molecule has 0 spiro atoms. The Morgan fingerprint density at radius 2 is 1.86 bits per heavy atom. The molecular weight excluding hydrogens is 364 g/mol. The van der Waals surface area contributed by atoms with Crippen LogP contribution in [0.2, 0.25) is 0 Å². The first kappa shape index (κ1) is 18.6. The summed E-state index contributed by atoms with van der Waals surface area (Å²) in [5.74, 6) is 0. The van der Waals surface area contributed by atoms with Crippen LogP contribution in [0.15, 0.2) is 66.3 Å². The van der Waals surface area contributed by atoms with Crippen molar-refractivity contribution in [1.82, 2.24) is 19.7 Å². The maximum Gasteiger partial charge on any atom is 0.107 e. The first-order chi connectivity index (χ1) is 13.6.